The maximum atomic E-state index is 13.4. The lowest BCUT2D eigenvalue weighted by molar-refractivity contribution is -0.125. The Morgan fingerprint density at radius 3 is 2.48 bits per heavy atom. The van der Waals surface area contributed by atoms with E-state index in [-0.39, 0.29) is 30.4 Å². The lowest BCUT2D eigenvalue weighted by Gasteiger charge is -2.28. The van der Waals surface area contributed by atoms with Gasteiger partial charge in [0.25, 0.3) is 0 Å². The number of Topliss-reactive ketones (excluding diaryl/α,β-unsaturated/α-hetero) is 1. The number of thioether (sulfide) groups is 1. The van der Waals surface area contributed by atoms with Crippen molar-refractivity contribution in [2.45, 2.75) is 39.1 Å². The van der Waals surface area contributed by atoms with Gasteiger partial charge in [0.05, 0.1) is 23.8 Å². The number of anilines is 1. The number of fused-ring (bicyclic) bond motifs is 5. The molecule has 160 valence electrons. The molecule has 31 heavy (non-hydrogen) atoms. The topological polar surface area (TPSA) is 68.1 Å². The van der Waals surface area contributed by atoms with E-state index in [0.717, 1.165) is 33.8 Å². The highest BCUT2D eigenvalue weighted by Gasteiger charge is 2.29. The van der Waals surface area contributed by atoms with Crippen molar-refractivity contribution in [1.82, 2.24) is 15.0 Å². The largest absolute Gasteiger partial charge is 0.307 e. The molecule has 0 N–H and O–H groups in total. The van der Waals surface area contributed by atoms with Crippen LogP contribution < -0.4 is 4.90 Å². The van der Waals surface area contributed by atoms with Gasteiger partial charge in [-0.15, -0.1) is 16.9 Å². The predicted octanol–water partition coefficient (Wildman–Crippen LogP) is 4.78. The SMILES string of the molecule is CSCn1nnc2c1-c1ccccc1N(C(=O)CCC(=O)C(C)C)Cc1ccccc1-2. The van der Waals surface area contributed by atoms with E-state index in [1.54, 1.807) is 16.7 Å². The Bertz CT molecular complexity index is 1120. The molecular weight excluding hydrogens is 408 g/mol. The van der Waals surface area contributed by atoms with Gasteiger partial charge in [-0.3, -0.25) is 9.59 Å². The van der Waals surface area contributed by atoms with E-state index in [9.17, 15) is 9.59 Å². The van der Waals surface area contributed by atoms with Crippen molar-refractivity contribution in [2.24, 2.45) is 5.92 Å². The van der Waals surface area contributed by atoms with Crippen molar-refractivity contribution >= 4 is 29.1 Å². The van der Waals surface area contributed by atoms with Crippen LogP contribution in [-0.2, 0) is 22.0 Å². The molecule has 7 heteroatoms. The van der Waals surface area contributed by atoms with Gasteiger partial charge in [0.1, 0.15) is 11.5 Å². The summed E-state index contributed by atoms with van der Waals surface area (Å²) in [7, 11) is 0. The van der Waals surface area contributed by atoms with Crippen molar-refractivity contribution in [3.8, 4) is 22.5 Å². The summed E-state index contributed by atoms with van der Waals surface area (Å²) < 4.78 is 1.89. The van der Waals surface area contributed by atoms with Crippen LogP contribution in [0.1, 0.15) is 32.3 Å². The fourth-order valence-electron chi connectivity index (χ4n) is 3.90. The Kier molecular flexibility index (Phi) is 6.23. The Balaban J connectivity index is 1.85. The smallest absolute Gasteiger partial charge is 0.227 e. The molecule has 0 saturated heterocycles. The van der Waals surface area contributed by atoms with Crippen LogP contribution in [-0.4, -0.2) is 32.9 Å². The van der Waals surface area contributed by atoms with Gasteiger partial charge in [0.2, 0.25) is 5.91 Å². The minimum atomic E-state index is -0.0670. The second kappa shape index (κ2) is 9.06. The number of amides is 1. The second-order valence-electron chi connectivity index (χ2n) is 7.98. The molecule has 6 nitrogen and oxygen atoms in total. The zero-order chi connectivity index (χ0) is 22.0. The molecule has 0 spiro atoms. The number of carbonyl (C=O) groups excluding carboxylic acids is 2. The van der Waals surface area contributed by atoms with Crippen LogP contribution in [0, 0.1) is 5.92 Å². The Labute approximate surface area is 186 Å². The van der Waals surface area contributed by atoms with Crippen molar-refractivity contribution in [3.05, 3.63) is 54.1 Å². The number of carbonyl (C=O) groups is 2. The third-order valence-corrected chi connectivity index (χ3v) is 6.07. The van der Waals surface area contributed by atoms with Crippen LogP contribution in [0.4, 0.5) is 5.69 Å². The van der Waals surface area contributed by atoms with Gasteiger partial charge in [0.15, 0.2) is 0 Å². The van der Waals surface area contributed by atoms with Crippen LogP contribution in [0.3, 0.4) is 0 Å². The molecule has 0 saturated carbocycles. The number of rotatable bonds is 6. The van der Waals surface area contributed by atoms with E-state index < -0.39 is 0 Å². The number of para-hydroxylation sites is 1. The van der Waals surface area contributed by atoms with Crippen molar-refractivity contribution < 1.29 is 9.59 Å². The van der Waals surface area contributed by atoms with E-state index in [0.29, 0.717) is 12.4 Å². The minimum Gasteiger partial charge on any atom is -0.307 e. The van der Waals surface area contributed by atoms with Gasteiger partial charge in [-0.2, -0.15) is 0 Å². The van der Waals surface area contributed by atoms with Crippen LogP contribution in [0.2, 0.25) is 0 Å². The first kappa shape index (κ1) is 21.3. The molecule has 3 aromatic rings. The van der Waals surface area contributed by atoms with Gasteiger partial charge >= 0.3 is 0 Å². The van der Waals surface area contributed by atoms with Gasteiger partial charge in [-0.1, -0.05) is 61.5 Å². The highest BCUT2D eigenvalue weighted by atomic mass is 32.2. The summed E-state index contributed by atoms with van der Waals surface area (Å²) in [6, 6.07) is 15.9. The lowest BCUT2D eigenvalue weighted by atomic mass is 9.95. The maximum absolute atomic E-state index is 13.4. The van der Waals surface area contributed by atoms with Crippen LogP contribution in [0.15, 0.2) is 48.5 Å². The highest BCUT2D eigenvalue weighted by molar-refractivity contribution is 7.97. The molecule has 1 aliphatic rings. The summed E-state index contributed by atoms with van der Waals surface area (Å²) >= 11 is 1.66. The predicted molar refractivity (Wildman–Crippen MR) is 125 cm³/mol. The normalized spacial score (nSPS) is 12.6. The second-order valence-corrected chi connectivity index (χ2v) is 8.81. The van der Waals surface area contributed by atoms with Gasteiger partial charge in [0, 0.05) is 29.9 Å². The molecule has 0 bridgehead atoms. The summed E-state index contributed by atoms with van der Waals surface area (Å²) in [5.41, 5.74) is 5.49. The van der Waals surface area contributed by atoms with Crippen LogP contribution in [0.25, 0.3) is 22.5 Å². The van der Waals surface area contributed by atoms with E-state index in [2.05, 4.69) is 10.3 Å². The Hall–Kier alpha value is -2.93. The first-order valence-electron chi connectivity index (χ1n) is 10.4. The average Bonchev–Trinajstić information content (AvgIpc) is 3.17. The summed E-state index contributed by atoms with van der Waals surface area (Å²) in [6.45, 7) is 4.17. The summed E-state index contributed by atoms with van der Waals surface area (Å²) in [5, 5.41) is 8.93. The molecule has 0 radical (unpaired) electrons. The van der Waals surface area contributed by atoms with Crippen molar-refractivity contribution in [2.75, 3.05) is 11.2 Å². The summed E-state index contributed by atoms with van der Waals surface area (Å²) in [6.07, 6.45) is 2.48. The Morgan fingerprint density at radius 1 is 1.03 bits per heavy atom. The number of aromatic nitrogens is 3. The molecule has 1 amide bonds. The zero-order valence-electron chi connectivity index (χ0n) is 18.0. The average molecular weight is 435 g/mol. The third kappa shape index (κ3) is 4.14. The molecule has 1 aliphatic heterocycles. The maximum Gasteiger partial charge on any atom is 0.227 e. The lowest BCUT2D eigenvalue weighted by Crippen LogP contribution is -2.32. The molecule has 0 unspecified atom stereocenters. The van der Waals surface area contributed by atoms with Crippen molar-refractivity contribution in [1.29, 1.82) is 0 Å². The van der Waals surface area contributed by atoms with Crippen LogP contribution >= 0.6 is 11.8 Å². The van der Waals surface area contributed by atoms with Crippen LogP contribution in [0.5, 0.6) is 0 Å². The number of nitrogens with zero attached hydrogens (tertiary/aromatic N) is 4. The van der Waals surface area contributed by atoms with Gasteiger partial charge in [-0.05, 0) is 17.9 Å². The monoisotopic (exact) mass is 434 g/mol. The molecule has 0 aliphatic carbocycles. The van der Waals surface area contributed by atoms with Gasteiger partial charge in [-0.25, -0.2) is 4.68 Å². The molecule has 2 heterocycles. The fraction of sp³-hybridized carbons (Fsp3) is 0.333. The van der Waals surface area contributed by atoms with E-state index >= 15 is 0 Å². The quantitative estimate of drug-likeness (QED) is 0.558. The van der Waals surface area contributed by atoms with E-state index in [1.165, 1.54) is 0 Å². The molecule has 0 fully saturated rings. The molecule has 2 aromatic carbocycles. The van der Waals surface area contributed by atoms with E-state index in [1.807, 2.05) is 73.3 Å². The number of benzene rings is 2. The van der Waals surface area contributed by atoms with E-state index in [4.69, 9.17) is 0 Å². The standard InChI is InChI=1S/C24H26N4O2S/c1-16(2)21(29)12-13-22(30)27-14-17-8-4-5-9-18(17)23-24(28(15-31-3)26-25-23)19-10-6-7-11-20(19)27/h4-11,16H,12-15H2,1-3H3. The molecule has 1 aromatic heterocycles. The molecule has 4 rings (SSSR count). The summed E-state index contributed by atoms with van der Waals surface area (Å²) in [4.78, 5) is 27.3. The number of hydrogen-bond donors (Lipinski definition) is 0. The van der Waals surface area contributed by atoms with Gasteiger partial charge < -0.3 is 4.90 Å². The number of hydrogen-bond acceptors (Lipinski definition) is 5. The fourth-order valence-corrected chi connectivity index (χ4v) is 4.33. The first-order chi connectivity index (χ1) is 15.0. The zero-order valence-corrected chi connectivity index (χ0v) is 18.9. The Morgan fingerprint density at radius 2 is 1.74 bits per heavy atom. The summed E-state index contributed by atoms with van der Waals surface area (Å²) in [5.74, 6) is 0.653. The van der Waals surface area contributed by atoms with Crippen molar-refractivity contribution in [3.63, 3.8) is 0 Å². The first-order valence-corrected chi connectivity index (χ1v) is 11.8. The molecule has 0 atom stereocenters. The highest BCUT2D eigenvalue weighted by Crippen LogP contribution is 2.41. The molecular formula is C24H26N4O2S. The minimum absolute atomic E-state index is 0.0522. The number of ketones is 1. The third-order valence-electron chi connectivity index (χ3n) is 5.57.